The van der Waals surface area contributed by atoms with Crippen LogP contribution in [0.2, 0.25) is 0 Å². The number of carboxylic acids is 2. The molecule has 166 valence electrons. The zero-order valence-corrected chi connectivity index (χ0v) is 18.4. The number of aromatic nitrogens is 3. The molecule has 0 atom stereocenters. The third-order valence-corrected chi connectivity index (χ3v) is 5.51. The van der Waals surface area contributed by atoms with Crippen molar-refractivity contribution >= 4 is 29.8 Å². The summed E-state index contributed by atoms with van der Waals surface area (Å²) in [6.45, 7) is 2.41. The monoisotopic (exact) mass is 455 g/mol. The van der Waals surface area contributed by atoms with Gasteiger partial charge in [-0.15, -0.1) is 10.2 Å². The van der Waals surface area contributed by atoms with Gasteiger partial charge >= 0.3 is 11.9 Å². The van der Waals surface area contributed by atoms with Gasteiger partial charge in [-0.2, -0.15) is 0 Å². The van der Waals surface area contributed by atoms with Crippen LogP contribution in [0.1, 0.15) is 22.8 Å². The van der Waals surface area contributed by atoms with Crippen LogP contribution in [0.4, 0.5) is 0 Å². The molecule has 0 saturated heterocycles. The van der Waals surface area contributed by atoms with Crippen LogP contribution in [0.5, 0.6) is 11.5 Å². The van der Waals surface area contributed by atoms with Crippen molar-refractivity contribution < 1.29 is 29.3 Å². The van der Waals surface area contributed by atoms with Crippen molar-refractivity contribution in [2.45, 2.75) is 18.6 Å². The highest BCUT2D eigenvalue weighted by Crippen LogP contribution is 2.33. The molecule has 10 heteroatoms. The summed E-state index contributed by atoms with van der Waals surface area (Å²) in [5.74, 6) is -0.452. The highest BCUT2D eigenvalue weighted by Gasteiger charge is 2.19. The van der Waals surface area contributed by atoms with E-state index in [2.05, 4.69) is 10.2 Å². The molecule has 1 aromatic heterocycles. The lowest BCUT2D eigenvalue weighted by Crippen LogP contribution is -2.03. The van der Waals surface area contributed by atoms with Crippen molar-refractivity contribution in [2.24, 2.45) is 0 Å². The van der Waals surface area contributed by atoms with Gasteiger partial charge in [-0.3, -0.25) is 0 Å². The molecule has 0 fully saturated rings. The summed E-state index contributed by atoms with van der Waals surface area (Å²) in [6.07, 6.45) is 1.46. The fraction of sp³-hybridized carbons (Fsp3) is 0.182. The first-order valence-electron chi connectivity index (χ1n) is 9.49. The molecule has 3 rings (SSSR count). The molecule has 0 aliphatic heterocycles. The molecule has 0 aliphatic carbocycles. The van der Waals surface area contributed by atoms with Crippen LogP contribution in [-0.4, -0.2) is 51.1 Å². The average molecular weight is 455 g/mol. The van der Waals surface area contributed by atoms with E-state index in [1.165, 1.54) is 18.2 Å². The third kappa shape index (κ3) is 5.09. The van der Waals surface area contributed by atoms with E-state index in [1.807, 2.05) is 6.92 Å². The molecule has 9 nitrogen and oxygen atoms in total. The molecular formula is C22H21N3O6S. The lowest BCUT2D eigenvalue weighted by atomic mass is 10.1. The quantitative estimate of drug-likeness (QED) is 0.365. The number of hydrogen-bond acceptors (Lipinski definition) is 7. The van der Waals surface area contributed by atoms with Crippen molar-refractivity contribution in [3.8, 4) is 22.9 Å². The van der Waals surface area contributed by atoms with Crippen molar-refractivity contribution in [2.75, 3.05) is 14.2 Å². The van der Waals surface area contributed by atoms with E-state index in [1.54, 1.807) is 49.1 Å². The Kier molecular flexibility index (Phi) is 7.16. The number of carboxylic acid groups (broad SMARTS) is 2. The van der Waals surface area contributed by atoms with Crippen LogP contribution in [0.15, 0.2) is 52.5 Å². The summed E-state index contributed by atoms with van der Waals surface area (Å²) < 4.78 is 12.4. The number of aromatic carboxylic acids is 1. The summed E-state index contributed by atoms with van der Waals surface area (Å²) in [5, 5.41) is 27.5. The van der Waals surface area contributed by atoms with Gasteiger partial charge in [0.05, 0.1) is 19.8 Å². The first-order chi connectivity index (χ1) is 15.4. The van der Waals surface area contributed by atoms with Gasteiger partial charge in [0, 0.05) is 18.2 Å². The average Bonchev–Trinajstić information content (AvgIpc) is 3.21. The van der Waals surface area contributed by atoms with Crippen molar-refractivity contribution in [3.63, 3.8) is 0 Å². The van der Waals surface area contributed by atoms with Crippen LogP contribution in [-0.2, 0) is 11.3 Å². The molecule has 0 bridgehead atoms. The lowest BCUT2D eigenvalue weighted by Gasteiger charge is -2.10. The normalized spacial score (nSPS) is 11.3. The molecule has 0 amide bonds. The maximum absolute atomic E-state index is 11.9. The molecule has 0 radical (unpaired) electrons. The Labute approximate surface area is 188 Å². The zero-order valence-electron chi connectivity index (χ0n) is 17.6. The standard InChI is InChI=1S/C22H21N3O6S/c1-4-25-19(15-10-16(30-2)12-17(11-15)31-3)23-24-22(25)32-18(21(28)29)9-13-5-7-14(8-6-13)20(26)27/h5-12H,4H2,1-3H3,(H,26,27)(H,28,29)/b18-9-. The second kappa shape index (κ2) is 10.0. The Morgan fingerprint density at radius 2 is 1.66 bits per heavy atom. The molecule has 2 N–H and O–H groups in total. The Balaban J connectivity index is 1.96. The molecule has 1 heterocycles. The first-order valence-corrected chi connectivity index (χ1v) is 10.3. The Morgan fingerprint density at radius 1 is 1.03 bits per heavy atom. The van der Waals surface area contributed by atoms with E-state index in [-0.39, 0.29) is 10.5 Å². The number of thioether (sulfide) groups is 1. The predicted molar refractivity (Wildman–Crippen MR) is 119 cm³/mol. The number of ether oxygens (including phenoxy) is 2. The second-order valence-electron chi connectivity index (χ2n) is 6.49. The van der Waals surface area contributed by atoms with Gasteiger partial charge in [-0.25, -0.2) is 9.59 Å². The summed E-state index contributed by atoms with van der Waals surface area (Å²) in [4.78, 5) is 22.9. The molecule has 0 spiro atoms. The summed E-state index contributed by atoms with van der Waals surface area (Å²) in [7, 11) is 3.11. The lowest BCUT2D eigenvalue weighted by molar-refractivity contribution is -0.131. The molecule has 3 aromatic rings. The summed E-state index contributed by atoms with van der Waals surface area (Å²) in [5.41, 5.74) is 1.39. The van der Waals surface area contributed by atoms with Gasteiger partial charge in [-0.05, 0) is 54.6 Å². The molecule has 0 saturated carbocycles. The Hall–Kier alpha value is -3.79. The van der Waals surface area contributed by atoms with Gasteiger partial charge in [0.1, 0.15) is 16.4 Å². The van der Waals surface area contributed by atoms with Gasteiger partial charge in [-0.1, -0.05) is 12.1 Å². The second-order valence-corrected chi connectivity index (χ2v) is 7.50. The van der Waals surface area contributed by atoms with E-state index in [0.717, 1.165) is 11.8 Å². The third-order valence-electron chi connectivity index (χ3n) is 4.51. The number of benzene rings is 2. The van der Waals surface area contributed by atoms with E-state index in [9.17, 15) is 14.7 Å². The van der Waals surface area contributed by atoms with Gasteiger partial charge in [0.25, 0.3) is 0 Å². The Bertz CT molecular complexity index is 1150. The van der Waals surface area contributed by atoms with Gasteiger partial charge < -0.3 is 24.3 Å². The molecule has 32 heavy (non-hydrogen) atoms. The predicted octanol–water partition coefficient (Wildman–Crippen LogP) is 3.90. The van der Waals surface area contributed by atoms with Crippen molar-refractivity contribution in [1.29, 1.82) is 0 Å². The van der Waals surface area contributed by atoms with E-state index in [4.69, 9.17) is 14.6 Å². The minimum absolute atomic E-state index is 0.0185. The van der Waals surface area contributed by atoms with E-state index in [0.29, 0.717) is 40.2 Å². The smallest absolute Gasteiger partial charge is 0.342 e. The van der Waals surface area contributed by atoms with Gasteiger partial charge in [0.2, 0.25) is 0 Å². The maximum Gasteiger partial charge on any atom is 0.342 e. The fourth-order valence-electron chi connectivity index (χ4n) is 2.91. The molecular weight excluding hydrogens is 434 g/mol. The van der Waals surface area contributed by atoms with E-state index >= 15 is 0 Å². The molecule has 0 unspecified atom stereocenters. The molecule has 2 aromatic carbocycles. The highest BCUT2D eigenvalue weighted by atomic mass is 32.2. The van der Waals surface area contributed by atoms with E-state index < -0.39 is 11.9 Å². The van der Waals surface area contributed by atoms with Crippen LogP contribution in [0, 0.1) is 0 Å². The van der Waals surface area contributed by atoms with Crippen molar-refractivity contribution in [1.82, 2.24) is 14.8 Å². The van der Waals surface area contributed by atoms with Crippen LogP contribution in [0.25, 0.3) is 17.5 Å². The summed E-state index contributed by atoms with van der Waals surface area (Å²) in [6, 6.07) is 11.3. The topological polar surface area (TPSA) is 124 Å². The van der Waals surface area contributed by atoms with Crippen molar-refractivity contribution in [3.05, 3.63) is 58.5 Å². The number of aliphatic carboxylic acids is 1. The van der Waals surface area contributed by atoms with Gasteiger partial charge in [0.15, 0.2) is 11.0 Å². The largest absolute Gasteiger partial charge is 0.497 e. The van der Waals surface area contributed by atoms with Crippen LogP contribution >= 0.6 is 11.8 Å². The Morgan fingerprint density at radius 3 is 2.16 bits per heavy atom. The number of rotatable bonds is 9. The number of hydrogen-bond donors (Lipinski definition) is 2. The molecule has 0 aliphatic rings. The number of nitrogens with zero attached hydrogens (tertiary/aromatic N) is 3. The first kappa shape index (κ1) is 22.9. The minimum Gasteiger partial charge on any atom is -0.497 e. The minimum atomic E-state index is -1.13. The zero-order chi connectivity index (χ0) is 23.3. The van der Waals surface area contributed by atoms with Crippen LogP contribution < -0.4 is 9.47 Å². The SMILES string of the molecule is CCn1c(S/C(=C\c2ccc(C(=O)O)cc2)C(=O)O)nnc1-c1cc(OC)cc(OC)c1. The fourth-order valence-corrected chi connectivity index (χ4v) is 3.79. The summed E-state index contributed by atoms with van der Waals surface area (Å²) >= 11 is 0.961. The number of carbonyl (C=O) groups is 2. The maximum atomic E-state index is 11.9. The number of methoxy groups -OCH3 is 2. The van der Waals surface area contributed by atoms with Crippen LogP contribution in [0.3, 0.4) is 0 Å². The highest BCUT2D eigenvalue weighted by molar-refractivity contribution is 8.04.